The first-order chi connectivity index (χ1) is 15.0. The van der Waals surface area contributed by atoms with Crippen LogP contribution in [-0.4, -0.2) is 27.6 Å². The Morgan fingerprint density at radius 3 is 2.61 bits per heavy atom. The molecular formula is C24H25ClN4O2. The van der Waals surface area contributed by atoms with Gasteiger partial charge in [0, 0.05) is 22.8 Å². The Hall–Kier alpha value is -3.12. The normalized spacial score (nSPS) is 16.6. The van der Waals surface area contributed by atoms with E-state index >= 15 is 0 Å². The molecule has 0 saturated carbocycles. The van der Waals surface area contributed by atoms with Crippen molar-refractivity contribution >= 4 is 23.2 Å². The Balaban J connectivity index is 1.80. The number of carbonyl (C=O) groups excluding carboxylic acids is 1. The van der Waals surface area contributed by atoms with Crippen LogP contribution >= 0.6 is 11.6 Å². The molecule has 1 aromatic heterocycles. The molecule has 0 spiro atoms. The standard InChI is InChI=1S/C24H25ClN4O2/c1-4-13-29-15(3)20(21(26-24(29)30)17-11-9-16(5-2)10-12-17)23-27-22(28-31-23)18-7-6-8-19(25)14-18/h6-12,14,21H,4-5,13H2,1-3H3,(H,26,30). The number of halogens is 1. The van der Waals surface area contributed by atoms with Gasteiger partial charge in [0.05, 0.1) is 11.6 Å². The lowest BCUT2D eigenvalue weighted by molar-refractivity contribution is 0.205. The van der Waals surface area contributed by atoms with E-state index in [4.69, 9.17) is 16.1 Å². The van der Waals surface area contributed by atoms with E-state index in [1.165, 1.54) is 5.56 Å². The highest BCUT2D eigenvalue weighted by atomic mass is 35.5. The number of urea groups is 1. The van der Waals surface area contributed by atoms with E-state index in [1.54, 1.807) is 17.0 Å². The van der Waals surface area contributed by atoms with E-state index in [1.807, 2.05) is 38.1 Å². The molecule has 0 saturated heterocycles. The summed E-state index contributed by atoms with van der Waals surface area (Å²) < 4.78 is 5.69. The number of amides is 2. The van der Waals surface area contributed by atoms with Crippen LogP contribution in [0.4, 0.5) is 4.79 Å². The van der Waals surface area contributed by atoms with Crippen LogP contribution in [0.15, 0.2) is 58.8 Å². The largest absolute Gasteiger partial charge is 0.334 e. The molecule has 1 aliphatic rings. The fraction of sp³-hybridized carbons (Fsp3) is 0.292. The van der Waals surface area contributed by atoms with Gasteiger partial charge in [0.2, 0.25) is 5.82 Å². The van der Waals surface area contributed by atoms with E-state index in [9.17, 15) is 4.79 Å². The fourth-order valence-electron chi connectivity index (χ4n) is 3.82. The van der Waals surface area contributed by atoms with Crippen LogP contribution in [0.2, 0.25) is 5.02 Å². The highest BCUT2D eigenvalue weighted by Gasteiger charge is 2.35. The topological polar surface area (TPSA) is 71.3 Å². The average molecular weight is 437 g/mol. The Morgan fingerprint density at radius 2 is 1.94 bits per heavy atom. The molecule has 31 heavy (non-hydrogen) atoms. The first-order valence-electron chi connectivity index (χ1n) is 10.5. The van der Waals surface area contributed by atoms with Gasteiger partial charge in [0.15, 0.2) is 0 Å². The number of aryl methyl sites for hydroxylation is 1. The van der Waals surface area contributed by atoms with Gasteiger partial charge in [-0.15, -0.1) is 0 Å². The van der Waals surface area contributed by atoms with Gasteiger partial charge < -0.3 is 9.84 Å². The molecule has 0 aliphatic carbocycles. The quantitative estimate of drug-likeness (QED) is 0.525. The summed E-state index contributed by atoms with van der Waals surface area (Å²) in [7, 11) is 0. The van der Waals surface area contributed by atoms with Crippen molar-refractivity contribution in [1.82, 2.24) is 20.4 Å². The van der Waals surface area contributed by atoms with Gasteiger partial charge in [0.25, 0.3) is 5.89 Å². The van der Waals surface area contributed by atoms with Gasteiger partial charge in [-0.1, -0.05) is 67.0 Å². The maximum Gasteiger partial charge on any atom is 0.322 e. The molecular weight excluding hydrogens is 412 g/mol. The minimum absolute atomic E-state index is 0.123. The summed E-state index contributed by atoms with van der Waals surface area (Å²) in [6, 6.07) is 15.1. The van der Waals surface area contributed by atoms with Gasteiger partial charge in [-0.25, -0.2) is 4.79 Å². The lowest BCUT2D eigenvalue weighted by Crippen LogP contribution is -2.46. The van der Waals surface area contributed by atoms with Crippen LogP contribution in [-0.2, 0) is 6.42 Å². The molecule has 1 atom stereocenters. The minimum Gasteiger partial charge on any atom is -0.334 e. The minimum atomic E-state index is -0.376. The van der Waals surface area contributed by atoms with Crippen molar-refractivity contribution in [3.05, 3.63) is 76.3 Å². The third-order valence-corrected chi connectivity index (χ3v) is 5.74. The second-order valence-corrected chi connectivity index (χ2v) is 8.00. The van der Waals surface area contributed by atoms with Crippen LogP contribution in [0.3, 0.4) is 0 Å². The maximum absolute atomic E-state index is 12.8. The van der Waals surface area contributed by atoms with Crippen molar-refractivity contribution in [2.75, 3.05) is 6.54 Å². The summed E-state index contributed by atoms with van der Waals surface area (Å²) in [5.74, 6) is 0.843. The number of hydrogen-bond acceptors (Lipinski definition) is 4. The number of carbonyl (C=O) groups is 1. The second kappa shape index (κ2) is 8.94. The van der Waals surface area contributed by atoms with E-state index in [-0.39, 0.29) is 12.1 Å². The lowest BCUT2D eigenvalue weighted by atomic mass is 9.93. The van der Waals surface area contributed by atoms with Crippen molar-refractivity contribution in [3.8, 4) is 11.4 Å². The third-order valence-electron chi connectivity index (χ3n) is 5.50. The summed E-state index contributed by atoms with van der Waals surface area (Å²) in [4.78, 5) is 19.2. The van der Waals surface area contributed by atoms with Crippen molar-refractivity contribution in [2.24, 2.45) is 0 Å². The number of nitrogens with one attached hydrogen (secondary N) is 1. The van der Waals surface area contributed by atoms with Gasteiger partial charge in [0.1, 0.15) is 0 Å². The number of hydrogen-bond donors (Lipinski definition) is 1. The van der Waals surface area contributed by atoms with Crippen molar-refractivity contribution in [3.63, 3.8) is 0 Å². The van der Waals surface area contributed by atoms with Crippen molar-refractivity contribution in [2.45, 2.75) is 39.7 Å². The Labute approximate surface area is 186 Å². The molecule has 2 amide bonds. The molecule has 1 N–H and O–H groups in total. The summed E-state index contributed by atoms with van der Waals surface area (Å²) >= 11 is 6.12. The predicted octanol–water partition coefficient (Wildman–Crippen LogP) is 5.86. The summed E-state index contributed by atoms with van der Waals surface area (Å²) in [5.41, 5.74) is 4.60. The molecule has 1 unspecified atom stereocenters. The Bertz CT molecular complexity index is 1120. The first kappa shape index (κ1) is 21.1. The van der Waals surface area contributed by atoms with Gasteiger partial charge in [-0.3, -0.25) is 4.90 Å². The monoisotopic (exact) mass is 436 g/mol. The molecule has 6 nitrogen and oxygen atoms in total. The SMILES string of the molecule is CCCN1C(=O)NC(c2ccc(CC)cc2)C(c2nc(-c3cccc(Cl)c3)no2)=C1C. The highest BCUT2D eigenvalue weighted by molar-refractivity contribution is 6.30. The zero-order valence-electron chi connectivity index (χ0n) is 17.9. The molecule has 4 rings (SSSR count). The van der Waals surface area contributed by atoms with Gasteiger partial charge >= 0.3 is 6.03 Å². The molecule has 1 aliphatic heterocycles. The zero-order valence-corrected chi connectivity index (χ0v) is 18.6. The molecule has 0 bridgehead atoms. The summed E-state index contributed by atoms with van der Waals surface area (Å²) in [6.07, 6.45) is 1.79. The van der Waals surface area contributed by atoms with E-state index in [0.29, 0.717) is 23.3 Å². The van der Waals surface area contributed by atoms with Crippen molar-refractivity contribution < 1.29 is 9.32 Å². The zero-order chi connectivity index (χ0) is 22.0. The number of nitrogens with zero attached hydrogens (tertiary/aromatic N) is 3. The molecule has 0 radical (unpaired) electrons. The maximum atomic E-state index is 12.8. The lowest BCUT2D eigenvalue weighted by Gasteiger charge is -2.35. The van der Waals surface area contributed by atoms with Crippen LogP contribution in [0, 0.1) is 0 Å². The fourth-order valence-corrected chi connectivity index (χ4v) is 4.02. The van der Waals surface area contributed by atoms with Gasteiger partial charge in [-0.05, 0) is 43.0 Å². The molecule has 0 fully saturated rings. The summed E-state index contributed by atoms with van der Waals surface area (Å²) in [5, 5.41) is 7.90. The molecule has 3 aromatic rings. The highest BCUT2D eigenvalue weighted by Crippen LogP contribution is 2.37. The van der Waals surface area contributed by atoms with Crippen LogP contribution in [0.5, 0.6) is 0 Å². The number of benzene rings is 2. The van der Waals surface area contributed by atoms with Crippen molar-refractivity contribution in [1.29, 1.82) is 0 Å². The first-order valence-corrected chi connectivity index (χ1v) is 10.9. The molecule has 160 valence electrons. The molecule has 7 heteroatoms. The van der Waals surface area contributed by atoms with E-state index in [0.717, 1.165) is 35.2 Å². The van der Waals surface area contributed by atoms with E-state index in [2.05, 4.69) is 34.5 Å². The third kappa shape index (κ3) is 4.21. The smallest absolute Gasteiger partial charge is 0.322 e. The van der Waals surface area contributed by atoms with Gasteiger partial charge in [-0.2, -0.15) is 4.98 Å². The molecule has 2 aromatic carbocycles. The Morgan fingerprint density at radius 1 is 1.16 bits per heavy atom. The van der Waals surface area contributed by atoms with Crippen LogP contribution in [0.1, 0.15) is 50.3 Å². The predicted molar refractivity (Wildman–Crippen MR) is 121 cm³/mol. The summed E-state index contributed by atoms with van der Waals surface area (Å²) in [6.45, 7) is 6.70. The number of allylic oxidation sites excluding steroid dienone is 1. The Kier molecular flexibility index (Phi) is 6.09. The van der Waals surface area contributed by atoms with Crippen LogP contribution in [0.25, 0.3) is 17.0 Å². The van der Waals surface area contributed by atoms with E-state index < -0.39 is 0 Å². The second-order valence-electron chi connectivity index (χ2n) is 7.56. The number of aromatic nitrogens is 2. The molecule has 2 heterocycles. The van der Waals surface area contributed by atoms with Crippen LogP contribution < -0.4 is 5.32 Å². The number of rotatable bonds is 6. The average Bonchev–Trinajstić information content (AvgIpc) is 3.26.